The Morgan fingerprint density at radius 2 is 1.63 bits per heavy atom. The Balaban J connectivity index is 1.53. The SMILES string of the molecule is CCN(CC)c1ccc(NC(=O)CSc2nnc(-c3ccccc3OC)n2-c2ccccc2)cc1. The van der Waals surface area contributed by atoms with E-state index in [0.29, 0.717) is 16.7 Å². The Morgan fingerprint density at radius 3 is 2.31 bits per heavy atom. The number of carbonyl (C=O) groups is 1. The molecule has 0 aliphatic carbocycles. The number of para-hydroxylation sites is 2. The van der Waals surface area contributed by atoms with Crippen molar-refractivity contribution in [2.75, 3.05) is 36.2 Å². The molecule has 0 radical (unpaired) electrons. The zero-order valence-electron chi connectivity index (χ0n) is 20.1. The molecule has 1 N–H and O–H groups in total. The first-order valence-corrected chi connectivity index (χ1v) is 12.5. The minimum Gasteiger partial charge on any atom is -0.496 e. The molecule has 7 nitrogen and oxygen atoms in total. The fourth-order valence-corrected chi connectivity index (χ4v) is 4.60. The number of thioether (sulfide) groups is 1. The second kappa shape index (κ2) is 11.6. The number of nitrogens with one attached hydrogen (secondary N) is 1. The molecule has 0 saturated carbocycles. The minimum absolute atomic E-state index is 0.105. The average molecular weight is 488 g/mol. The molecular weight excluding hydrogens is 458 g/mol. The number of amides is 1. The molecule has 1 heterocycles. The van der Waals surface area contributed by atoms with Gasteiger partial charge in [-0.05, 0) is 62.4 Å². The normalized spacial score (nSPS) is 10.7. The number of methoxy groups -OCH3 is 1. The van der Waals surface area contributed by atoms with Gasteiger partial charge in [-0.3, -0.25) is 9.36 Å². The van der Waals surface area contributed by atoms with E-state index in [1.807, 2.05) is 83.4 Å². The summed E-state index contributed by atoms with van der Waals surface area (Å²) < 4.78 is 7.50. The van der Waals surface area contributed by atoms with Crippen molar-refractivity contribution < 1.29 is 9.53 Å². The molecule has 0 fully saturated rings. The van der Waals surface area contributed by atoms with E-state index in [0.717, 1.165) is 35.7 Å². The fourth-order valence-electron chi connectivity index (χ4n) is 3.85. The number of benzene rings is 3. The molecule has 0 unspecified atom stereocenters. The van der Waals surface area contributed by atoms with Crippen molar-refractivity contribution in [2.45, 2.75) is 19.0 Å². The first-order chi connectivity index (χ1) is 17.1. The summed E-state index contributed by atoms with van der Waals surface area (Å²) in [5.74, 6) is 1.46. The topological polar surface area (TPSA) is 72.3 Å². The van der Waals surface area contributed by atoms with E-state index in [4.69, 9.17) is 4.74 Å². The molecule has 0 saturated heterocycles. The van der Waals surface area contributed by atoms with Crippen LogP contribution in [0.5, 0.6) is 5.75 Å². The van der Waals surface area contributed by atoms with E-state index >= 15 is 0 Å². The van der Waals surface area contributed by atoms with Crippen LogP contribution in [-0.4, -0.2) is 46.6 Å². The molecular formula is C27H29N5O2S. The highest BCUT2D eigenvalue weighted by molar-refractivity contribution is 7.99. The standard InChI is InChI=1S/C27H29N5O2S/c1-4-31(5-2)21-17-15-20(16-18-21)28-25(33)19-35-27-30-29-26(23-13-9-10-14-24(23)34-3)32(27)22-11-7-6-8-12-22/h6-18H,4-5,19H2,1-3H3,(H,28,33). The number of nitrogens with zero attached hydrogens (tertiary/aromatic N) is 4. The maximum Gasteiger partial charge on any atom is 0.234 e. The second-order valence-electron chi connectivity index (χ2n) is 7.73. The van der Waals surface area contributed by atoms with Crippen molar-refractivity contribution in [1.29, 1.82) is 0 Å². The lowest BCUT2D eigenvalue weighted by atomic mass is 10.2. The van der Waals surface area contributed by atoms with Crippen LogP contribution >= 0.6 is 11.8 Å². The van der Waals surface area contributed by atoms with E-state index in [-0.39, 0.29) is 11.7 Å². The van der Waals surface area contributed by atoms with Crippen LogP contribution in [-0.2, 0) is 4.79 Å². The Bertz CT molecular complexity index is 1250. The van der Waals surface area contributed by atoms with Crippen molar-refractivity contribution >= 4 is 29.0 Å². The molecule has 0 spiro atoms. The first kappa shape index (κ1) is 24.3. The number of hydrogen-bond donors (Lipinski definition) is 1. The van der Waals surface area contributed by atoms with Crippen LogP contribution in [0, 0.1) is 0 Å². The number of ether oxygens (including phenoxy) is 1. The summed E-state index contributed by atoms with van der Waals surface area (Å²) in [6, 6.07) is 25.5. The summed E-state index contributed by atoms with van der Waals surface area (Å²) >= 11 is 1.34. The molecule has 35 heavy (non-hydrogen) atoms. The number of hydrogen-bond acceptors (Lipinski definition) is 6. The van der Waals surface area contributed by atoms with Crippen LogP contribution in [0.25, 0.3) is 17.1 Å². The van der Waals surface area contributed by atoms with Crippen LogP contribution < -0.4 is 15.0 Å². The highest BCUT2D eigenvalue weighted by Gasteiger charge is 2.19. The zero-order valence-corrected chi connectivity index (χ0v) is 21.0. The molecule has 4 rings (SSSR count). The maximum atomic E-state index is 12.7. The third-order valence-corrected chi connectivity index (χ3v) is 6.54. The zero-order chi connectivity index (χ0) is 24.6. The van der Waals surface area contributed by atoms with Crippen LogP contribution in [0.15, 0.2) is 84.0 Å². The van der Waals surface area contributed by atoms with Gasteiger partial charge in [-0.25, -0.2) is 0 Å². The molecule has 1 amide bonds. The van der Waals surface area contributed by atoms with Crippen molar-refractivity contribution in [2.24, 2.45) is 0 Å². The lowest BCUT2D eigenvalue weighted by Gasteiger charge is -2.21. The van der Waals surface area contributed by atoms with Gasteiger partial charge in [-0.1, -0.05) is 42.1 Å². The number of rotatable bonds is 10. The van der Waals surface area contributed by atoms with E-state index in [1.165, 1.54) is 11.8 Å². The summed E-state index contributed by atoms with van der Waals surface area (Å²) in [6.45, 7) is 6.14. The monoisotopic (exact) mass is 487 g/mol. The molecule has 0 bridgehead atoms. The highest BCUT2D eigenvalue weighted by Crippen LogP contribution is 2.33. The maximum absolute atomic E-state index is 12.7. The largest absolute Gasteiger partial charge is 0.496 e. The lowest BCUT2D eigenvalue weighted by Crippen LogP contribution is -2.21. The number of aromatic nitrogens is 3. The molecule has 3 aromatic carbocycles. The van der Waals surface area contributed by atoms with Gasteiger partial charge in [0.25, 0.3) is 0 Å². The van der Waals surface area contributed by atoms with Gasteiger partial charge in [-0.15, -0.1) is 10.2 Å². The predicted molar refractivity (Wildman–Crippen MR) is 143 cm³/mol. The van der Waals surface area contributed by atoms with Gasteiger partial charge < -0.3 is 15.0 Å². The summed E-state index contributed by atoms with van der Waals surface area (Å²) in [7, 11) is 1.64. The molecule has 1 aromatic heterocycles. The minimum atomic E-state index is -0.105. The third kappa shape index (κ3) is 5.66. The van der Waals surface area contributed by atoms with Crippen LogP contribution in [0.4, 0.5) is 11.4 Å². The van der Waals surface area contributed by atoms with Crippen molar-refractivity contribution in [3.05, 3.63) is 78.9 Å². The number of carbonyl (C=O) groups excluding carboxylic acids is 1. The van der Waals surface area contributed by atoms with Gasteiger partial charge in [0.1, 0.15) is 5.75 Å². The van der Waals surface area contributed by atoms with Crippen LogP contribution in [0.2, 0.25) is 0 Å². The highest BCUT2D eigenvalue weighted by atomic mass is 32.2. The van der Waals surface area contributed by atoms with E-state index < -0.39 is 0 Å². The lowest BCUT2D eigenvalue weighted by molar-refractivity contribution is -0.113. The fraction of sp³-hybridized carbons (Fsp3) is 0.222. The second-order valence-corrected chi connectivity index (χ2v) is 8.68. The van der Waals surface area contributed by atoms with E-state index in [1.54, 1.807) is 7.11 Å². The quantitative estimate of drug-likeness (QED) is 0.297. The van der Waals surface area contributed by atoms with E-state index in [9.17, 15) is 4.79 Å². The van der Waals surface area contributed by atoms with Crippen molar-refractivity contribution in [3.63, 3.8) is 0 Å². The van der Waals surface area contributed by atoms with Gasteiger partial charge in [0, 0.05) is 30.2 Å². The summed E-state index contributed by atoms with van der Waals surface area (Å²) in [4.78, 5) is 15.0. The summed E-state index contributed by atoms with van der Waals surface area (Å²) in [5.41, 5.74) is 3.65. The molecule has 180 valence electrons. The Labute approximate surface area is 210 Å². The molecule has 0 atom stereocenters. The van der Waals surface area contributed by atoms with Gasteiger partial charge in [0.2, 0.25) is 5.91 Å². The Morgan fingerprint density at radius 1 is 0.943 bits per heavy atom. The van der Waals surface area contributed by atoms with Crippen LogP contribution in [0.1, 0.15) is 13.8 Å². The number of anilines is 2. The van der Waals surface area contributed by atoms with Gasteiger partial charge in [-0.2, -0.15) is 0 Å². The third-order valence-electron chi connectivity index (χ3n) is 5.61. The molecule has 0 aliphatic rings. The van der Waals surface area contributed by atoms with Gasteiger partial charge in [0.15, 0.2) is 11.0 Å². The summed E-state index contributed by atoms with van der Waals surface area (Å²) in [5, 5.41) is 12.5. The Hall–Kier alpha value is -3.78. The molecule has 4 aromatic rings. The van der Waals surface area contributed by atoms with Gasteiger partial charge >= 0.3 is 0 Å². The van der Waals surface area contributed by atoms with E-state index in [2.05, 4.69) is 34.3 Å². The molecule has 8 heteroatoms. The average Bonchev–Trinajstić information content (AvgIpc) is 3.33. The van der Waals surface area contributed by atoms with Crippen molar-refractivity contribution in [1.82, 2.24) is 14.8 Å². The Kier molecular flexibility index (Phi) is 8.05. The smallest absolute Gasteiger partial charge is 0.234 e. The molecule has 0 aliphatic heterocycles. The first-order valence-electron chi connectivity index (χ1n) is 11.6. The predicted octanol–water partition coefficient (Wildman–Crippen LogP) is 5.52. The summed E-state index contributed by atoms with van der Waals surface area (Å²) in [6.07, 6.45) is 0. The van der Waals surface area contributed by atoms with Crippen LogP contribution in [0.3, 0.4) is 0 Å². The van der Waals surface area contributed by atoms with Gasteiger partial charge in [0.05, 0.1) is 18.4 Å². The van der Waals surface area contributed by atoms with Crippen molar-refractivity contribution in [3.8, 4) is 22.8 Å².